The number of fused-ring (bicyclic) bond motifs is 1. The Bertz CT molecular complexity index is 796. The molecule has 1 aromatic carbocycles. The minimum absolute atomic E-state index is 0.0253. The summed E-state index contributed by atoms with van der Waals surface area (Å²) in [7, 11) is 0. The van der Waals surface area contributed by atoms with Gasteiger partial charge in [0.25, 0.3) is 0 Å². The first-order chi connectivity index (χ1) is 13.9. The molecule has 0 radical (unpaired) electrons. The zero-order valence-corrected chi connectivity index (χ0v) is 16.6. The average Bonchev–Trinajstić information content (AvgIpc) is 3.45. The van der Waals surface area contributed by atoms with Crippen LogP contribution in [-0.2, 0) is 20.9 Å². The van der Waals surface area contributed by atoms with Crippen LogP contribution in [0.25, 0.3) is 0 Å². The van der Waals surface area contributed by atoms with Crippen molar-refractivity contribution in [1.29, 1.82) is 0 Å². The van der Waals surface area contributed by atoms with Crippen molar-refractivity contribution in [2.45, 2.75) is 50.9 Å². The van der Waals surface area contributed by atoms with Gasteiger partial charge in [0, 0.05) is 51.1 Å². The predicted octanol–water partition coefficient (Wildman–Crippen LogP) is 0.642. The maximum absolute atomic E-state index is 13.2. The van der Waals surface area contributed by atoms with Crippen LogP contribution < -0.4 is 10.6 Å². The number of carbonyl (C=O) groups is 3. The Hall–Kier alpha value is -2.48. The lowest BCUT2D eigenvalue weighted by Crippen LogP contribution is -2.52. The van der Waals surface area contributed by atoms with E-state index in [1.807, 2.05) is 4.90 Å². The van der Waals surface area contributed by atoms with Crippen molar-refractivity contribution in [3.05, 3.63) is 35.6 Å². The molecule has 3 amide bonds. The summed E-state index contributed by atoms with van der Waals surface area (Å²) >= 11 is 0. The first kappa shape index (κ1) is 19.8. The maximum Gasteiger partial charge on any atom is 0.246 e. The molecular weight excluding hydrogens is 375 g/mol. The molecule has 3 fully saturated rings. The number of nitrogens with one attached hydrogen (secondary N) is 2. The molecule has 1 aromatic rings. The second-order valence-electron chi connectivity index (χ2n) is 8.43. The fourth-order valence-electron chi connectivity index (χ4n) is 4.38. The van der Waals surface area contributed by atoms with Crippen LogP contribution in [0.5, 0.6) is 0 Å². The summed E-state index contributed by atoms with van der Waals surface area (Å²) in [6, 6.07) is 5.64. The van der Waals surface area contributed by atoms with Gasteiger partial charge in [0.1, 0.15) is 11.9 Å². The van der Waals surface area contributed by atoms with E-state index in [1.54, 1.807) is 12.1 Å². The number of hydrogen-bond acceptors (Lipinski definition) is 4. The largest absolute Gasteiger partial charge is 0.352 e. The molecule has 4 rings (SSSR count). The van der Waals surface area contributed by atoms with E-state index >= 15 is 0 Å². The standard InChI is InChI=1S/C21H27FN4O3/c1-13(27)23-17-8-18-11-25(9-14-2-6-16(22)7-3-14)12-19(21(29)26(18)10-17)24-20(28)15-4-5-15/h2-3,6-7,15,17-19H,4-5,8-12H2,1H3,(H,23,27)(H,24,28)/t17-,18-,19-/m0/s1. The molecule has 1 saturated carbocycles. The van der Waals surface area contributed by atoms with Crippen molar-refractivity contribution < 1.29 is 18.8 Å². The van der Waals surface area contributed by atoms with E-state index in [-0.39, 0.29) is 41.5 Å². The van der Waals surface area contributed by atoms with Crippen LogP contribution in [0, 0.1) is 11.7 Å². The van der Waals surface area contributed by atoms with E-state index in [4.69, 9.17) is 0 Å². The van der Waals surface area contributed by atoms with Crippen LogP contribution in [0.4, 0.5) is 4.39 Å². The van der Waals surface area contributed by atoms with Gasteiger partial charge in [-0.05, 0) is 37.0 Å². The van der Waals surface area contributed by atoms with Crippen molar-refractivity contribution in [2.24, 2.45) is 5.92 Å². The van der Waals surface area contributed by atoms with Crippen molar-refractivity contribution >= 4 is 17.7 Å². The molecule has 0 spiro atoms. The molecule has 29 heavy (non-hydrogen) atoms. The summed E-state index contributed by atoms with van der Waals surface area (Å²) in [4.78, 5) is 41.0. The molecule has 2 aliphatic heterocycles. The lowest BCUT2D eigenvalue weighted by molar-refractivity contribution is -0.136. The topological polar surface area (TPSA) is 81.8 Å². The Morgan fingerprint density at radius 3 is 2.48 bits per heavy atom. The van der Waals surface area contributed by atoms with Crippen LogP contribution in [0.3, 0.4) is 0 Å². The fourth-order valence-corrected chi connectivity index (χ4v) is 4.38. The highest BCUT2D eigenvalue weighted by molar-refractivity contribution is 5.90. The smallest absolute Gasteiger partial charge is 0.246 e. The molecule has 156 valence electrons. The number of halogens is 1. The fraction of sp³-hybridized carbons (Fsp3) is 0.571. The summed E-state index contributed by atoms with van der Waals surface area (Å²) in [5, 5.41) is 5.86. The van der Waals surface area contributed by atoms with E-state index in [0.29, 0.717) is 32.6 Å². The quantitative estimate of drug-likeness (QED) is 0.758. The molecule has 0 aromatic heterocycles. The monoisotopic (exact) mass is 402 g/mol. The van der Waals surface area contributed by atoms with Gasteiger partial charge in [0.15, 0.2) is 0 Å². The van der Waals surface area contributed by atoms with Gasteiger partial charge in [0.2, 0.25) is 17.7 Å². The Kier molecular flexibility index (Phi) is 5.54. The zero-order chi connectivity index (χ0) is 20.5. The van der Waals surface area contributed by atoms with Gasteiger partial charge in [0.05, 0.1) is 0 Å². The van der Waals surface area contributed by atoms with Gasteiger partial charge < -0.3 is 15.5 Å². The third-order valence-corrected chi connectivity index (χ3v) is 5.90. The van der Waals surface area contributed by atoms with E-state index in [9.17, 15) is 18.8 Å². The van der Waals surface area contributed by atoms with Gasteiger partial charge in [-0.15, -0.1) is 0 Å². The van der Waals surface area contributed by atoms with E-state index < -0.39 is 6.04 Å². The Labute approximate surface area is 169 Å². The minimum atomic E-state index is -0.607. The van der Waals surface area contributed by atoms with Crippen molar-refractivity contribution in [2.75, 3.05) is 19.6 Å². The molecule has 0 unspecified atom stereocenters. The number of benzene rings is 1. The van der Waals surface area contributed by atoms with Gasteiger partial charge in [-0.25, -0.2) is 4.39 Å². The van der Waals surface area contributed by atoms with Crippen molar-refractivity contribution in [3.63, 3.8) is 0 Å². The average molecular weight is 402 g/mol. The second kappa shape index (κ2) is 8.10. The lowest BCUT2D eigenvalue weighted by atomic mass is 10.1. The first-order valence-electron chi connectivity index (χ1n) is 10.2. The molecule has 1 aliphatic carbocycles. The van der Waals surface area contributed by atoms with Crippen LogP contribution in [0.2, 0.25) is 0 Å². The molecule has 2 heterocycles. The highest BCUT2D eigenvalue weighted by Gasteiger charge is 2.43. The van der Waals surface area contributed by atoms with Crippen LogP contribution in [-0.4, -0.2) is 65.3 Å². The normalized spacial score (nSPS) is 27.3. The van der Waals surface area contributed by atoms with E-state index in [2.05, 4.69) is 15.5 Å². The third kappa shape index (κ3) is 4.75. The summed E-state index contributed by atoms with van der Waals surface area (Å²) < 4.78 is 13.2. The van der Waals surface area contributed by atoms with Crippen LogP contribution in [0.1, 0.15) is 31.7 Å². The van der Waals surface area contributed by atoms with Gasteiger partial charge in [-0.1, -0.05) is 12.1 Å². The lowest BCUT2D eigenvalue weighted by Gasteiger charge is -2.25. The Morgan fingerprint density at radius 1 is 1.10 bits per heavy atom. The second-order valence-corrected chi connectivity index (χ2v) is 8.43. The predicted molar refractivity (Wildman–Crippen MR) is 104 cm³/mol. The van der Waals surface area contributed by atoms with Crippen LogP contribution in [0.15, 0.2) is 24.3 Å². The van der Waals surface area contributed by atoms with Gasteiger partial charge in [-0.2, -0.15) is 0 Å². The Morgan fingerprint density at radius 2 is 1.83 bits per heavy atom. The number of hydrogen-bond donors (Lipinski definition) is 2. The Balaban J connectivity index is 1.52. The molecule has 3 aliphatic rings. The van der Waals surface area contributed by atoms with Crippen molar-refractivity contribution in [1.82, 2.24) is 20.4 Å². The summed E-state index contributed by atoms with van der Waals surface area (Å²) in [6.45, 7) is 3.58. The maximum atomic E-state index is 13.2. The highest BCUT2D eigenvalue weighted by atomic mass is 19.1. The SMILES string of the molecule is CC(=O)N[C@H]1C[C@H]2CN(Cc3ccc(F)cc3)C[C@H](NC(=O)C3CC3)C(=O)N2C1. The molecule has 0 bridgehead atoms. The van der Waals surface area contributed by atoms with E-state index in [0.717, 1.165) is 18.4 Å². The molecule has 2 N–H and O–H groups in total. The van der Waals surface area contributed by atoms with Crippen molar-refractivity contribution in [3.8, 4) is 0 Å². The number of carbonyl (C=O) groups excluding carboxylic acids is 3. The minimum Gasteiger partial charge on any atom is -0.352 e. The molecule has 8 heteroatoms. The number of nitrogens with zero attached hydrogens (tertiary/aromatic N) is 2. The van der Waals surface area contributed by atoms with Crippen LogP contribution >= 0.6 is 0 Å². The summed E-state index contributed by atoms with van der Waals surface area (Å²) in [5.74, 6) is -0.506. The summed E-state index contributed by atoms with van der Waals surface area (Å²) in [6.07, 6.45) is 2.44. The molecule has 3 atom stereocenters. The van der Waals surface area contributed by atoms with Gasteiger partial charge >= 0.3 is 0 Å². The zero-order valence-electron chi connectivity index (χ0n) is 16.6. The highest BCUT2D eigenvalue weighted by Crippen LogP contribution is 2.30. The van der Waals surface area contributed by atoms with E-state index in [1.165, 1.54) is 19.1 Å². The third-order valence-electron chi connectivity index (χ3n) is 5.90. The number of rotatable bonds is 5. The summed E-state index contributed by atoms with van der Waals surface area (Å²) in [5.41, 5.74) is 0.955. The molecular formula is C21H27FN4O3. The molecule has 7 nitrogen and oxygen atoms in total. The molecule has 2 saturated heterocycles. The first-order valence-corrected chi connectivity index (χ1v) is 10.2. The number of amides is 3. The van der Waals surface area contributed by atoms with Gasteiger partial charge in [-0.3, -0.25) is 19.3 Å².